The highest BCUT2D eigenvalue weighted by molar-refractivity contribution is 4.75. The summed E-state index contributed by atoms with van der Waals surface area (Å²) in [6, 6.07) is 0. The Morgan fingerprint density at radius 3 is 2.43 bits per heavy atom. The van der Waals surface area contributed by atoms with Crippen LogP contribution in [0.1, 0.15) is 27.7 Å². The van der Waals surface area contributed by atoms with Gasteiger partial charge in [0.05, 0.1) is 18.8 Å². The van der Waals surface area contributed by atoms with Crippen LogP contribution in [0.3, 0.4) is 0 Å². The predicted octanol–water partition coefficient (Wildman–Crippen LogP) is 0.0992. The first-order valence-electron chi connectivity index (χ1n) is 5.10. The minimum absolute atomic E-state index is 0.163. The minimum Gasteiger partial charge on any atom is -0.389 e. The molecule has 0 saturated carbocycles. The zero-order valence-electron chi connectivity index (χ0n) is 9.71. The first-order chi connectivity index (χ1) is 6.31. The molecule has 0 aromatic heterocycles. The monoisotopic (exact) mass is 204 g/mol. The number of aliphatic hydroxyl groups excluding tert-OH is 1. The van der Waals surface area contributed by atoms with E-state index in [9.17, 15) is 5.11 Å². The standard InChI is InChI=1S/C10H24N2O2/c1-8(2)14-6-9(13)5-12-7-10(3,4)11/h8-9,12-13H,5-7,11H2,1-4H3. The Hall–Kier alpha value is -0.160. The van der Waals surface area contributed by atoms with E-state index < -0.39 is 6.10 Å². The molecule has 0 fully saturated rings. The Morgan fingerprint density at radius 1 is 1.43 bits per heavy atom. The Kier molecular flexibility index (Phi) is 6.27. The normalized spacial score (nSPS) is 14.8. The maximum absolute atomic E-state index is 9.47. The van der Waals surface area contributed by atoms with E-state index >= 15 is 0 Å². The predicted molar refractivity (Wildman–Crippen MR) is 58.2 cm³/mol. The van der Waals surface area contributed by atoms with Crippen molar-refractivity contribution in [2.75, 3.05) is 19.7 Å². The SMILES string of the molecule is CC(C)OCC(O)CNCC(C)(C)N. The second-order valence-electron chi connectivity index (χ2n) is 4.66. The summed E-state index contributed by atoms with van der Waals surface area (Å²) < 4.78 is 5.27. The van der Waals surface area contributed by atoms with E-state index in [4.69, 9.17) is 10.5 Å². The second kappa shape index (κ2) is 6.35. The largest absolute Gasteiger partial charge is 0.389 e. The summed E-state index contributed by atoms with van der Waals surface area (Å²) in [5.74, 6) is 0. The lowest BCUT2D eigenvalue weighted by Gasteiger charge is -2.20. The van der Waals surface area contributed by atoms with Crippen molar-refractivity contribution in [3.63, 3.8) is 0 Å². The number of ether oxygens (including phenoxy) is 1. The third-order valence-electron chi connectivity index (χ3n) is 1.58. The van der Waals surface area contributed by atoms with E-state index in [-0.39, 0.29) is 11.6 Å². The average molecular weight is 204 g/mol. The quantitative estimate of drug-likeness (QED) is 0.550. The molecule has 0 radical (unpaired) electrons. The van der Waals surface area contributed by atoms with Gasteiger partial charge < -0.3 is 20.9 Å². The molecule has 0 spiro atoms. The van der Waals surface area contributed by atoms with Crippen molar-refractivity contribution >= 4 is 0 Å². The number of nitrogens with two attached hydrogens (primary N) is 1. The molecule has 0 saturated heterocycles. The summed E-state index contributed by atoms with van der Waals surface area (Å²) in [5.41, 5.74) is 5.53. The molecular formula is C10H24N2O2. The van der Waals surface area contributed by atoms with Gasteiger partial charge in [0, 0.05) is 18.6 Å². The Morgan fingerprint density at radius 2 is 2.00 bits per heavy atom. The van der Waals surface area contributed by atoms with Crippen LogP contribution in [0.5, 0.6) is 0 Å². The van der Waals surface area contributed by atoms with E-state index in [0.717, 1.165) is 0 Å². The molecular weight excluding hydrogens is 180 g/mol. The molecule has 0 aromatic carbocycles. The van der Waals surface area contributed by atoms with Crippen LogP contribution < -0.4 is 11.1 Å². The van der Waals surface area contributed by atoms with E-state index in [1.807, 2.05) is 27.7 Å². The Bertz CT molecular complexity index is 144. The van der Waals surface area contributed by atoms with Crippen molar-refractivity contribution in [1.82, 2.24) is 5.32 Å². The molecule has 1 unspecified atom stereocenters. The van der Waals surface area contributed by atoms with Gasteiger partial charge in [-0.15, -0.1) is 0 Å². The third-order valence-corrected chi connectivity index (χ3v) is 1.58. The van der Waals surface area contributed by atoms with E-state index in [1.165, 1.54) is 0 Å². The van der Waals surface area contributed by atoms with Crippen LogP contribution in [0, 0.1) is 0 Å². The summed E-state index contributed by atoms with van der Waals surface area (Å²) in [5, 5.41) is 12.6. The minimum atomic E-state index is -0.459. The van der Waals surface area contributed by atoms with Crippen LogP contribution in [0.25, 0.3) is 0 Å². The molecule has 0 amide bonds. The molecule has 0 bridgehead atoms. The highest BCUT2D eigenvalue weighted by Crippen LogP contribution is 1.94. The highest BCUT2D eigenvalue weighted by Gasteiger charge is 2.11. The van der Waals surface area contributed by atoms with Gasteiger partial charge in [-0.1, -0.05) is 0 Å². The lowest BCUT2D eigenvalue weighted by molar-refractivity contribution is 0.00614. The van der Waals surface area contributed by atoms with Crippen molar-refractivity contribution in [2.45, 2.75) is 45.4 Å². The van der Waals surface area contributed by atoms with Crippen molar-refractivity contribution in [3.8, 4) is 0 Å². The molecule has 4 nitrogen and oxygen atoms in total. The lowest BCUT2D eigenvalue weighted by Crippen LogP contribution is -2.45. The zero-order chi connectivity index (χ0) is 11.2. The summed E-state index contributed by atoms with van der Waals surface area (Å²) in [6.45, 7) is 9.36. The smallest absolute Gasteiger partial charge is 0.0897 e. The van der Waals surface area contributed by atoms with Crippen LogP contribution in [0.2, 0.25) is 0 Å². The van der Waals surface area contributed by atoms with Gasteiger partial charge in [-0.05, 0) is 27.7 Å². The Balaban J connectivity index is 3.40. The molecule has 0 heterocycles. The van der Waals surface area contributed by atoms with Crippen molar-refractivity contribution in [2.24, 2.45) is 5.73 Å². The van der Waals surface area contributed by atoms with Gasteiger partial charge in [0.15, 0.2) is 0 Å². The fourth-order valence-electron chi connectivity index (χ4n) is 0.923. The summed E-state index contributed by atoms with van der Waals surface area (Å²) >= 11 is 0. The number of rotatable bonds is 7. The maximum Gasteiger partial charge on any atom is 0.0897 e. The van der Waals surface area contributed by atoms with Crippen molar-refractivity contribution in [3.05, 3.63) is 0 Å². The number of hydrogen-bond donors (Lipinski definition) is 3. The number of nitrogens with one attached hydrogen (secondary N) is 1. The summed E-state index contributed by atoms with van der Waals surface area (Å²) in [6.07, 6.45) is -0.296. The molecule has 0 aliphatic rings. The average Bonchev–Trinajstić information content (AvgIpc) is 1.98. The third kappa shape index (κ3) is 9.92. The van der Waals surface area contributed by atoms with Crippen LogP contribution in [-0.4, -0.2) is 42.5 Å². The van der Waals surface area contributed by atoms with Crippen LogP contribution in [-0.2, 0) is 4.74 Å². The van der Waals surface area contributed by atoms with Gasteiger partial charge in [-0.25, -0.2) is 0 Å². The van der Waals surface area contributed by atoms with Gasteiger partial charge in [0.1, 0.15) is 0 Å². The molecule has 0 aliphatic carbocycles. The summed E-state index contributed by atoms with van der Waals surface area (Å²) in [4.78, 5) is 0. The van der Waals surface area contributed by atoms with Crippen LogP contribution in [0.15, 0.2) is 0 Å². The van der Waals surface area contributed by atoms with Crippen molar-refractivity contribution < 1.29 is 9.84 Å². The van der Waals surface area contributed by atoms with Crippen LogP contribution >= 0.6 is 0 Å². The van der Waals surface area contributed by atoms with Gasteiger partial charge >= 0.3 is 0 Å². The van der Waals surface area contributed by atoms with Gasteiger partial charge in [0.25, 0.3) is 0 Å². The van der Waals surface area contributed by atoms with Crippen molar-refractivity contribution in [1.29, 1.82) is 0 Å². The molecule has 0 aliphatic heterocycles. The molecule has 4 heteroatoms. The second-order valence-corrected chi connectivity index (χ2v) is 4.66. The number of hydrogen-bond acceptors (Lipinski definition) is 4. The van der Waals surface area contributed by atoms with E-state index in [0.29, 0.717) is 19.7 Å². The zero-order valence-corrected chi connectivity index (χ0v) is 9.71. The van der Waals surface area contributed by atoms with Gasteiger partial charge in [0.2, 0.25) is 0 Å². The molecule has 14 heavy (non-hydrogen) atoms. The van der Waals surface area contributed by atoms with Crippen LogP contribution in [0.4, 0.5) is 0 Å². The van der Waals surface area contributed by atoms with E-state index in [2.05, 4.69) is 5.32 Å². The lowest BCUT2D eigenvalue weighted by atomic mass is 10.1. The topological polar surface area (TPSA) is 67.5 Å². The molecule has 4 N–H and O–H groups in total. The Labute approximate surface area is 86.8 Å². The first kappa shape index (κ1) is 13.8. The number of aliphatic hydroxyl groups is 1. The molecule has 86 valence electrons. The fraction of sp³-hybridized carbons (Fsp3) is 1.00. The molecule has 0 rings (SSSR count). The summed E-state index contributed by atoms with van der Waals surface area (Å²) in [7, 11) is 0. The first-order valence-corrected chi connectivity index (χ1v) is 5.10. The van der Waals surface area contributed by atoms with E-state index in [1.54, 1.807) is 0 Å². The van der Waals surface area contributed by atoms with Gasteiger partial charge in [-0.2, -0.15) is 0 Å². The van der Waals surface area contributed by atoms with Gasteiger partial charge in [-0.3, -0.25) is 0 Å². The fourth-order valence-corrected chi connectivity index (χ4v) is 0.923. The molecule has 0 aromatic rings. The molecule has 1 atom stereocenters. The maximum atomic E-state index is 9.47. The highest BCUT2D eigenvalue weighted by atomic mass is 16.5.